The van der Waals surface area contributed by atoms with E-state index in [1.807, 2.05) is 24.3 Å². The second-order valence-corrected chi connectivity index (χ2v) is 5.76. The molecule has 1 aromatic carbocycles. The molecular weight excluding hydrogens is 300 g/mol. The number of hydrogen-bond donors (Lipinski definition) is 1. The molecule has 0 amide bonds. The molecule has 2 heterocycles. The standard InChI is InChI=1S/C17H14O6/c1-8-6-12(22-16(8)19)21-7-11-13-14(18)9-4-2-3-5-10(9)15(13)23-17(11)20/h2-7,12-15,18H,1H3/b11-7+/t12-,13+,14-,15-/m0/s1. The van der Waals surface area contributed by atoms with E-state index in [0.29, 0.717) is 5.57 Å². The second-order valence-electron chi connectivity index (χ2n) is 5.76. The van der Waals surface area contributed by atoms with Gasteiger partial charge in [0.15, 0.2) is 0 Å². The summed E-state index contributed by atoms with van der Waals surface area (Å²) in [7, 11) is 0. The van der Waals surface area contributed by atoms with Crippen molar-refractivity contribution in [3.05, 3.63) is 58.9 Å². The monoisotopic (exact) mass is 314 g/mol. The van der Waals surface area contributed by atoms with Crippen LogP contribution in [-0.4, -0.2) is 23.3 Å². The lowest BCUT2D eigenvalue weighted by Crippen LogP contribution is -2.14. The van der Waals surface area contributed by atoms with Crippen LogP contribution in [0.5, 0.6) is 0 Å². The molecule has 1 aliphatic carbocycles. The third kappa shape index (κ3) is 2.06. The SMILES string of the molecule is CC1=C[C@@H](O/C=C2/C(=O)O[C@H]3c4ccccc4[C@H](O)[C@@H]23)OC1=O. The molecule has 4 atom stereocenters. The van der Waals surface area contributed by atoms with Gasteiger partial charge in [0.25, 0.3) is 6.29 Å². The summed E-state index contributed by atoms with van der Waals surface area (Å²) in [6.45, 7) is 1.62. The summed E-state index contributed by atoms with van der Waals surface area (Å²) in [5, 5.41) is 10.5. The highest BCUT2D eigenvalue weighted by atomic mass is 16.7. The molecule has 3 aliphatic rings. The van der Waals surface area contributed by atoms with Crippen molar-refractivity contribution in [2.24, 2.45) is 5.92 Å². The predicted octanol–water partition coefficient (Wildman–Crippen LogP) is 1.68. The number of aliphatic hydroxyl groups excluding tert-OH is 1. The lowest BCUT2D eigenvalue weighted by molar-refractivity contribution is -0.152. The van der Waals surface area contributed by atoms with Crippen molar-refractivity contribution in [3.8, 4) is 0 Å². The molecule has 0 radical (unpaired) electrons. The van der Waals surface area contributed by atoms with Gasteiger partial charge in [0.1, 0.15) is 6.10 Å². The average Bonchev–Trinajstić information content (AvgIpc) is 3.12. The number of carbonyl (C=O) groups excluding carboxylic acids is 2. The number of cyclic esters (lactones) is 1. The number of aliphatic hydroxyl groups is 1. The van der Waals surface area contributed by atoms with Crippen molar-refractivity contribution in [1.29, 1.82) is 0 Å². The van der Waals surface area contributed by atoms with Crippen LogP contribution in [-0.2, 0) is 23.8 Å². The molecule has 0 spiro atoms. The summed E-state index contributed by atoms with van der Waals surface area (Å²) in [6, 6.07) is 7.32. The lowest BCUT2D eigenvalue weighted by Gasteiger charge is -2.13. The van der Waals surface area contributed by atoms with Gasteiger partial charge in [-0.1, -0.05) is 24.3 Å². The van der Waals surface area contributed by atoms with E-state index in [9.17, 15) is 14.7 Å². The fourth-order valence-corrected chi connectivity index (χ4v) is 3.22. The Balaban J connectivity index is 1.60. The molecule has 0 saturated carbocycles. The fraction of sp³-hybridized carbons (Fsp3) is 0.294. The predicted molar refractivity (Wildman–Crippen MR) is 76.5 cm³/mol. The van der Waals surface area contributed by atoms with E-state index < -0.39 is 36.4 Å². The van der Waals surface area contributed by atoms with E-state index in [4.69, 9.17) is 14.2 Å². The number of benzene rings is 1. The molecule has 2 aliphatic heterocycles. The molecule has 0 bridgehead atoms. The van der Waals surface area contributed by atoms with Crippen molar-refractivity contribution in [3.63, 3.8) is 0 Å². The van der Waals surface area contributed by atoms with E-state index in [2.05, 4.69) is 0 Å². The number of ether oxygens (including phenoxy) is 3. The third-order valence-corrected chi connectivity index (χ3v) is 4.38. The Bertz CT molecular complexity index is 762. The Hall–Kier alpha value is -2.60. The van der Waals surface area contributed by atoms with Crippen LogP contribution in [0.4, 0.5) is 0 Å². The highest BCUT2D eigenvalue weighted by molar-refractivity contribution is 5.92. The Morgan fingerprint density at radius 3 is 2.57 bits per heavy atom. The molecule has 118 valence electrons. The minimum atomic E-state index is -0.859. The number of carbonyl (C=O) groups is 2. The van der Waals surface area contributed by atoms with Crippen molar-refractivity contribution < 1.29 is 28.9 Å². The number of hydrogen-bond acceptors (Lipinski definition) is 6. The van der Waals surface area contributed by atoms with E-state index in [0.717, 1.165) is 11.1 Å². The fourth-order valence-electron chi connectivity index (χ4n) is 3.22. The summed E-state index contributed by atoms with van der Waals surface area (Å²) in [6.07, 6.45) is 0.558. The molecule has 1 N–H and O–H groups in total. The van der Waals surface area contributed by atoms with Crippen LogP contribution in [0.1, 0.15) is 30.3 Å². The first-order chi connectivity index (χ1) is 11.1. The van der Waals surface area contributed by atoms with E-state index in [1.165, 1.54) is 12.3 Å². The van der Waals surface area contributed by atoms with E-state index >= 15 is 0 Å². The molecule has 0 aromatic heterocycles. The second kappa shape index (κ2) is 4.96. The van der Waals surface area contributed by atoms with Crippen LogP contribution in [0.3, 0.4) is 0 Å². The zero-order valence-corrected chi connectivity index (χ0v) is 12.3. The first kappa shape index (κ1) is 14.0. The minimum absolute atomic E-state index is 0.243. The molecule has 0 unspecified atom stereocenters. The number of fused-ring (bicyclic) bond motifs is 3. The Kier molecular flexibility index (Phi) is 3.02. The molecule has 6 heteroatoms. The summed E-state index contributed by atoms with van der Waals surface area (Å²) >= 11 is 0. The van der Waals surface area contributed by atoms with Crippen molar-refractivity contribution in [1.82, 2.24) is 0 Å². The molecular formula is C17H14O6. The molecule has 1 fully saturated rings. The van der Waals surface area contributed by atoms with Gasteiger partial charge in [-0.2, -0.15) is 0 Å². The van der Waals surface area contributed by atoms with Gasteiger partial charge < -0.3 is 19.3 Å². The molecule has 4 rings (SSSR count). The van der Waals surface area contributed by atoms with E-state index in [1.54, 1.807) is 6.92 Å². The van der Waals surface area contributed by atoms with Gasteiger partial charge in [-0.3, -0.25) is 0 Å². The zero-order valence-electron chi connectivity index (χ0n) is 12.3. The maximum Gasteiger partial charge on any atom is 0.338 e. The summed E-state index contributed by atoms with van der Waals surface area (Å²) in [4.78, 5) is 23.4. The van der Waals surface area contributed by atoms with Gasteiger partial charge >= 0.3 is 11.9 Å². The Labute approximate surface area is 132 Å². The van der Waals surface area contributed by atoms with Crippen LogP contribution < -0.4 is 0 Å². The summed E-state index contributed by atoms with van der Waals surface area (Å²) < 4.78 is 15.7. The summed E-state index contributed by atoms with van der Waals surface area (Å²) in [5.74, 6) is -1.49. The van der Waals surface area contributed by atoms with Gasteiger partial charge in [0, 0.05) is 11.6 Å². The smallest absolute Gasteiger partial charge is 0.338 e. The third-order valence-electron chi connectivity index (χ3n) is 4.38. The maximum atomic E-state index is 12.1. The zero-order chi connectivity index (χ0) is 16.1. The quantitative estimate of drug-likeness (QED) is 0.508. The van der Waals surface area contributed by atoms with Crippen LogP contribution in [0.25, 0.3) is 0 Å². The summed E-state index contributed by atoms with van der Waals surface area (Å²) in [5.41, 5.74) is 2.26. The van der Waals surface area contributed by atoms with E-state index in [-0.39, 0.29) is 5.57 Å². The topological polar surface area (TPSA) is 82.1 Å². The van der Waals surface area contributed by atoms with Gasteiger partial charge in [-0.05, 0) is 18.1 Å². The van der Waals surface area contributed by atoms with Gasteiger partial charge in [0.2, 0.25) is 0 Å². The van der Waals surface area contributed by atoms with Gasteiger partial charge in [0.05, 0.1) is 23.9 Å². The van der Waals surface area contributed by atoms with Crippen LogP contribution >= 0.6 is 0 Å². The maximum absolute atomic E-state index is 12.1. The average molecular weight is 314 g/mol. The Morgan fingerprint density at radius 2 is 1.87 bits per heavy atom. The van der Waals surface area contributed by atoms with Gasteiger partial charge in [-0.25, -0.2) is 9.59 Å². The highest BCUT2D eigenvalue weighted by Gasteiger charge is 2.51. The van der Waals surface area contributed by atoms with Crippen molar-refractivity contribution >= 4 is 11.9 Å². The number of esters is 2. The molecule has 1 saturated heterocycles. The largest absolute Gasteiger partial charge is 0.458 e. The lowest BCUT2D eigenvalue weighted by atomic mass is 9.95. The minimum Gasteiger partial charge on any atom is -0.458 e. The number of rotatable bonds is 2. The van der Waals surface area contributed by atoms with Crippen LogP contribution in [0.2, 0.25) is 0 Å². The Morgan fingerprint density at radius 1 is 1.13 bits per heavy atom. The van der Waals surface area contributed by atoms with Crippen LogP contribution in [0, 0.1) is 5.92 Å². The first-order valence-corrected chi connectivity index (χ1v) is 7.29. The van der Waals surface area contributed by atoms with Crippen LogP contribution in [0.15, 0.2) is 47.7 Å². The normalized spacial score (nSPS) is 33.1. The van der Waals surface area contributed by atoms with Crippen molar-refractivity contribution in [2.45, 2.75) is 25.4 Å². The highest BCUT2D eigenvalue weighted by Crippen LogP contribution is 2.53. The van der Waals surface area contributed by atoms with Gasteiger partial charge in [-0.15, -0.1) is 0 Å². The molecule has 23 heavy (non-hydrogen) atoms. The molecule has 6 nitrogen and oxygen atoms in total. The first-order valence-electron chi connectivity index (χ1n) is 7.29. The van der Waals surface area contributed by atoms with Crippen molar-refractivity contribution in [2.75, 3.05) is 0 Å². The molecule has 1 aromatic rings.